The molecule has 2 heterocycles. The number of carbonyl (C=O) groups is 2. The van der Waals surface area contributed by atoms with E-state index in [4.69, 9.17) is 0 Å². The Hall–Kier alpha value is -2.18. The third-order valence-corrected chi connectivity index (χ3v) is 7.05. The van der Waals surface area contributed by atoms with Gasteiger partial charge in [-0.3, -0.25) is 9.69 Å². The number of alkyl halides is 3. The number of amides is 3. The molecule has 3 amide bonds. The van der Waals surface area contributed by atoms with Gasteiger partial charge in [0.1, 0.15) is 6.04 Å². The van der Waals surface area contributed by atoms with Crippen LogP contribution in [0.2, 0.25) is 0 Å². The molecule has 0 unspecified atom stereocenters. The number of nitrogens with zero attached hydrogens (tertiary/aromatic N) is 3. The molecule has 0 aliphatic carbocycles. The van der Waals surface area contributed by atoms with Gasteiger partial charge in [-0.15, -0.1) is 0 Å². The Balaban J connectivity index is 1.63. The first-order chi connectivity index (χ1) is 14.0. The molecule has 1 aromatic carbocycles. The quantitative estimate of drug-likeness (QED) is 0.669. The summed E-state index contributed by atoms with van der Waals surface area (Å²) in [5.41, 5.74) is -1.03. The minimum Gasteiger partial charge on any atom is -0.326 e. The molecule has 1 N–H and O–H groups in total. The second-order valence-electron chi connectivity index (χ2n) is 7.25. The van der Waals surface area contributed by atoms with Crippen molar-refractivity contribution in [1.82, 2.24) is 19.4 Å². The highest BCUT2D eigenvalue weighted by Crippen LogP contribution is 2.31. The van der Waals surface area contributed by atoms with E-state index in [1.54, 1.807) is 4.90 Å². The van der Waals surface area contributed by atoms with E-state index in [1.807, 2.05) is 6.92 Å². The summed E-state index contributed by atoms with van der Waals surface area (Å²) in [5.74, 6) is -0.305. The molecule has 1 atom stereocenters. The molecule has 1 aromatic rings. The van der Waals surface area contributed by atoms with Crippen LogP contribution in [0.5, 0.6) is 0 Å². The molecule has 0 radical (unpaired) electrons. The van der Waals surface area contributed by atoms with E-state index in [9.17, 15) is 31.2 Å². The smallest absolute Gasteiger partial charge is 0.326 e. The molecule has 0 bridgehead atoms. The zero-order valence-corrected chi connectivity index (χ0v) is 17.2. The van der Waals surface area contributed by atoms with Gasteiger partial charge in [0.15, 0.2) is 0 Å². The van der Waals surface area contributed by atoms with Crippen LogP contribution in [0.4, 0.5) is 18.0 Å². The molecule has 0 aromatic heterocycles. The highest BCUT2D eigenvalue weighted by molar-refractivity contribution is 7.89. The van der Waals surface area contributed by atoms with Crippen molar-refractivity contribution < 1.29 is 31.2 Å². The Morgan fingerprint density at radius 1 is 1.13 bits per heavy atom. The first kappa shape index (κ1) is 22.5. The van der Waals surface area contributed by atoms with E-state index in [0.29, 0.717) is 12.5 Å². The lowest BCUT2D eigenvalue weighted by Gasteiger charge is -2.35. The third-order valence-electron chi connectivity index (χ3n) is 5.16. The predicted molar refractivity (Wildman–Crippen MR) is 101 cm³/mol. The van der Waals surface area contributed by atoms with Crippen LogP contribution in [0.15, 0.2) is 29.2 Å². The van der Waals surface area contributed by atoms with Gasteiger partial charge in [-0.2, -0.15) is 17.5 Å². The number of hydrogen-bond acceptors (Lipinski definition) is 5. The minimum absolute atomic E-state index is 0.0423. The number of benzene rings is 1. The average Bonchev–Trinajstić information content (AvgIpc) is 2.96. The molecule has 2 saturated heterocycles. The number of carbonyl (C=O) groups excluding carboxylic acids is 2. The van der Waals surface area contributed by atoms with Crippen molar-refractivity contribution in [3.63, 3.8) is 0 Å². The summed E-state index contributed by atoms with van der Waals surface area (Å²) in [6, 6.07) is 2.64. The Kier molecular flexibility index (Phi) is 6.39. The van der Waals surface area contributed by atoms with E-state index in [2.05, 4.69) is 5.32 Å². The third kappa shape index (κ3) is 4.60. The molecule has 12 heteroatoms. The first-order valence-corrected chi connectivity index (χ1v) is 11.0. The fraction of sp³-hybridized carbons (Fsp3) is 0.556. The summed E-state index contributed by atoms with van der Waals surface area (Å²) < 4.78 is 65.3. The number of halogens is 3. The van der Waals surface area contributed by atoms with E-state index >= 15 is 0 Å². The number of rotatable bonds is 6. The number of sulfonamides is 1. The van der Waals surface area contributed by atoms with Crippen molar-refractivity contribution in [1.29, 1.82) is 0 Å². The highest BCUT2D eigenvalue weighted by atomic mass is 32.2. The number of urea groups is 1. The molecule has 166 valence electrons. The molecular formula is C18H23F3N4O4S. The van der Waals surface area contributed by atoms with Gasteiger partial charge < -0.3 is 5.32 Å². The van der Waals surface area contributed by atoms with Gasteiger partial charge in [-0.25, -0.2) is 18.1 Å². The molecule has 0 saturated carbocycles. The molecule has 8 nitrogen and oxygen atoms in total. The summed E-state index contributed by atoms with van der Waals surface area (Å²) in [6.45, 7) is 2.52. The number of piperazine rings is 1. The average molecular weight is 448 g/mol. The van der Waals surface area contributed by atoms with Crippen molar-refractivity contribution in [3.05, 3.63) is 29.8 Å². The van der Waals surface area contributed by atoms with E-state index in [-0.39, 0.29) is 38.8 Å². The summed E-state index contributed by atoms with van der Waals surface area (Å²) in [4.78, 5) is 26.8. The van der Waals surface area contributed by atoms with Crippen molar-refractivity contribution in [3.8, 4) is 0 Å². The topological polar surface area (TPSA) is 90.0 Å². The fourth-order valence-corrected chi connectivity index (χ4v) is 4.96. The monoisotopic (exact) mass is 448 g/mol. The predicted octanol–water partition coefficient (Wildman–Crippen LogP) is 1.69. The Morgan fingerprint density at radius 3 is 2.40 bits per heavy atom. The van der Waals surface area contributed by atoms with Gasteiger partial charge in [-0.05, 0) is 24.6 Å². The van der Waals surface area contributed by atoms with E-state index < -0.39 is 38.7 Å². The molecule has 3 rings (SSSR count). The number of imide groups is 1. The van der Waals surface area contributed by atoms with Crippen LogP contribution in [0.1, 0.15) is 25.3 Å². The largest absolute Gasteiger partial charge is 0.416 e. The second-order valence-corrected chi connectivity index (χ2v) is 9.18. The normalized spacial score (nSPS) is 21.9. The van der Waals surface area contributed by atoms with Crippen LogP contribution in [-0.4, -0.2) is 73.4 Å². The van der Waals surface area contributed by atoms with Gasteiger partial charge >= 0.3 is 12.2 Å². The van der Waals surface area contributed by atoms with Gasteiger partial charge in [0.05, 0.1) is 17.1 Å². The van der Waals surface area contributed by atoms with Gasteiger partial charge in [-0.1, -0.05) is 19.4 Å². The lowest BCUT2D eigenvalue weighted by atomic mass is 10.2. The summed E-state index contributed by atoms with van der Waals surface area (Å²) in [6.07, 6.45) is -3.34. The number of nitrogens with one attached hydrogen (secondary N) is 1. The summed E-state index contributed by atoms with van der Waals surface area (Å²) in [5, 5.41) is 2.63. The Bertz CT molecular complexity index is 914. The van der Waals surface area contributed by atoms with E-state index in [1.165, 1.54) is 0 Å². The Labute approximate surface area is 172 Å². The first-order valence-electron chi connectivity index (χ1n) is 9.55. The second kappa shape index (κ2) is 8.52. The maximum atomic E-state index is 12.9. The van der Waals surface area contributed by atoms with Crippen molar-refractivity contribution >= 4 is 22.0 Å². The van der Waals surface area contributed by atoms with Crippen LogP contribution < -0.4 is 5.32 Å². The molecule has 2 aliphatic heterocycles. The fourth-order valence-electron chi connectivity index (χ4n) is 3.49. The van der Waals surface area contributed by atoms with Gasteiger partial charge in [0.25, 0.3) is 5.91 Å². The lowest BCUT2D eigenvalue weighted by molar-refractivity contribution is -0.137. The van der Waals surface area contributed by atoms with Crippen LogP contribution in [0, 0.1) is 0 Å². The molecule has 30 heavy (non-hydrogen) atoms. The summed E-state index contributed by atoms with van der Waals surface area (Å²) in [7, 11) is -4.09. The molecule has 2 aliphatic rings. The molecule has 0 spiro atoms. The summed E-state index contributed by atoms with van der Waals surface area (Å²) >= 11 is 0. The van der Waals surface area contributed by atoms with E-state index in [0.717, 1.165) is 33.8 Å². The molecular weight excluding hydrogens is 425 g/mol. The highest BCUT2D eigenvalue weighted by Gasteiger charge is 2.39. The van der Waals surface area contributed by atoms with Crippen molar-refractivity contribution in [2.75, 3.05) is 32.8 Å². The minimum atomic E-state index is -4.64. The van der Waals surface area contributed by atoms with Crippen molar-refractivity contribution in [2.45, 2.75) is 36.9 Å². The van der Waals surface area contributed by atoms with Crippen LogP contribution in [-0.2, 0) is 21.0 Å². The Morgan fingerprint density at radius 2 is 1.80 bits per heavy atom. The SMILES string of the molecule is CCC[C@@H]1NC(=O)N(CN2CCN(S(=O)(=O)c3cccc(C(F)(F)F)c3)CC2)C1=O. The van der Waals surface area contributed by atoms with Crippen molar-refractivity contribution in [2.24, 2.45) is 0 Å². The van der Waals surface area contributed by atoms with Crippen LogP contribution in [0.25, 0.3) is 0 Å². The molecule has 2 fully saturated rings. The van der Waals surface area contributed by atoms with Crippen LogP contribution in [0.3, 0.4) is 0 Å². The maximum Gasteiger partial charge on any atom is 0.416 e. The van der Waals surface area contributed by atoms with Gasteiger partial charge in [0, 0.05) is 26.2 Å². The standard InChI is InChI=1S/C18H23F3N4O4S/c1-2-4-15-16(26)25(17(27)22-15)12-23-7-9-24(10-8-23)30(28,29)14-6-3-5-13(11-14)18(19,20)21/h3,5-6,11,15H,2,4,7-10,12H2,1H3,(H,22,27)/t15-/m0/s1. The number of hydrogen-bond donors (Lipinski definition) is 1. The zero-order valence-electron chi connectivity index (χ0n) is 16.4. The maximum absolute atomic E-state index is 12.9. The zero-order chi connectivity index (χ0) is 22.1. The van der Waals surface area contributed by atoms with Crippen LogP contribution >= 0.6 is 0 Å². The van der Waals surface area contributed by atoms with Gasteiger partial charge in [0.2, 0.25) is 10.0 Å². The lowest BCUT2D eigenvalue weighted by Crippen LogP contribution is -2.52.